The second-order valence-corrected chi connectivity index (χ2v) is 6.39. The molecule has 0 atom stereocenters. The number of aromatic nitrogens is 1. The molecule has 0 aliphatic heterocycles. The zero-order valence-electron chi connectivity index (χ0n) is 15.6. The van der Waals surface area contributed by atoms with Gasteiger partial charge in [-0.1, -0.05) is 60.7 Å². The van der Waals surface area contributed by atoms with Crippen molar-refractivity contribution in [1.82, 2.24) is 10.3 Å². The average molecular weight is 359 g/mol. The van der Waals surface area contributed by atoms with Crippen LogP contribution < -0.4 is 10.2 Å². The lowest BCUT2D eigenvalue weighted by Crippen LogP contribution is -2.27. The summed E-state index contributed by atoms with van der Waals surface area (Å²) in [6, 6.07) is 24.1. The number of nitrogens with one attached hydrogen (secondary N) is 1. The van der Waals surface area contributed by atoms with Crippen LogP contribution in [0.4, 0.5) is 5.82 Å². The van der Waals surface area contributed by atoms with Crippen molar-refractivity contribution in [2.24, 2.45) is 0 Å². The summed E-state index contributed by atoms with van der Waals surface area (Å²) in [7, 11) is 0. The quantitative estimate of drug-likeness (QED) is 0.659. The maximum Gasteiger partial charge on any atom is 0.251 e. The van der Waals surface area contributed by atoms with Crippen molar-refractivity contribution in [1.29, 1.82) is 0 Å². The molecule has 0 aliphatic rings. The van der Waals surface area contributed by atoms with E-state index in [9.17, 15) is 4.79 Å². The highest BCUT2D eigenvalue weighted by molar-refractivity contribution is 5.94. The van der Waals surface area contributed by atoms with Gasteiger partial charge in [-0.2, -0.15) is 0 Å². The number of pyridine rings is 1. The van der Waals surface area contributed by atoms with E-state index in [-0.39, 0.29) is 5.91 Å². The van der Waals surface area contributed by atoms with Crippen LogP contribution in [0.25, 0.3) is 0 Å². The van der Waals surface area contributed by atoms with Gasteiger partial charge in [0.15, 0.2) is 0 Å². The zero-order valence-corrected chi connectivity index (χ0v) is 15.6. The van der Waals surface area contributed by atoms with Crippen LogP contribution in [-0.4, -0.2) is 24.0 Å². The van der Waals surface area contributed by atoms with E-state index >= 15 is 0 Å². The van der Waals surface area contributed by atoms with E-state index in [2.05, 4.69) is 46.4 Å². The molecule has 4 nitrogen and oxygen atoms in total. The predicted octanol–water partition coefficient (Wildman–Crippen LogP) is 4.08. The molecule has 0 fully saturated rings. The molecule has 1 aromatic heterocycles. The molecular weight excluding hydrogens is 334 g/mol. The van der Waals surface area contributed by atoms with E-state index in [4.69, 9.17) is 0 Å². The van der Waals surface area contributed by atoms with Crippen LogP contribution in [-0.2, 0) is 13.0 Å². The predicted molar refractivity (Wildman–Crippen MR) is 110 cm³/mol. The normalized spacial score (nSPS) is 10.4. The smallest absolute Gasteiger partial charge is 0.251 e. The van der Waals surface area contributed by atoms with E-state index < -0.39 is 0 Å². The third-order valence-corrected chi connectivity index (χ3v) is 4.47. The van der Waals surface area contributed by atoms with Gasteiger partial charge in [0.1, 0.15) is 5.82 Å². The van der Waals surface area contributed by atoms with Crippen LogP contribution in [0, 0.1) is 0 Å². The molecule has 0 radical (unpaired) electrons. The number of anilines is 1. The Bertz CT molecular complexity index is 850. The number of nitrogens with zero attached hydrogens (tertiary/aromatic N) is 2. The van der Waals surface area contributed by atoms with Crippen molar-refractivity contribution in [2.75, 3.05) is 18.0 Å². The SMILES string of the molecule is CCN(Cc1ccccc1)c1cc(C(=O)NCCc2ccccc2)ccn1. The third kappa shape index (κ3) is 5.42. The molecule has 1 heterocycles. The maximum atomic E-state index is 12.5. The molecule has 0 unspecified atom stereocenters. The van der Waals surface area contributed by atoms with Crippen molar-refractivity contribution >= 4 is 11.7 Å². The van der Waals surface area contributed by atoms with E-state index in [1.54, 1.807) is 12.3 Å². The highest BCUT2D eigenvalue weighted by atomic mass is 16.1. The fraction of sp³-hybridized carbons (Fsp3) is 0.217. The number of benzene rings is 2. The van der Waals surface area contributed by atoms with Crippen LogP contribution in [0.15, 0.2) is 79.0 Å². The van der Waals surface area contributed by atoms with Crippen molar-refractivity contribution in [3.63, 3.8) is 0 Å². The first-order valence-electron chi connectivity index (χ1n) is 9.33. The molecular formula is C23H25N3O. The molecule has 0 spiro atoms. The first kappa shape index (κ1) is 18.6. The van der Waals surface area contributed by atoms with Crippen LogP contribution >= 0.6 is 0 Å². The van der Waals surface area contributed by atoms with Crippen molar-refractivity contribution in [2.45, 2.75) is 19.9 Å². The summed E-state index contributed by atoms with van der Waals surface area (Å²) in [4.78, 5) is 19.1. The van der Waals surface area contributed by atoms with Crippen LogP contribution in [0.5, 0.6) is 0 Å². The summed E-state index contributed by atoms with van der Waals surface area (Å²) >= 11 is 0. The van der Waals surface area contributed by atoms with E-state index in [1.165, 1.54) is 11.1 Å². The number of carbonyl (C=O) groups is 1. The monoisotopic (exact) mass is 359 g/mol. The number of hydrogen-bond donors (Lipinski definition) is 1. The minimum Gasteiger partial charge on any atom is -0.353 e. The van der Waals surface area contributed by atoms with Gasteiger partial charge >= 0.3 is 0 Å². The van der Waals surface area contributed by atoms with Crippen LogP contribution in [0.1, 0.15) is 28.4 Å². The molecule has 0 saturated carbocycles. The molecule has 1 amide bonds. The maximum absolute atomic E-state index is 12.5. The first-order valence-corrected chi connectivity index (χ1v) is 9.33. The Morgan fingerprint density at radius 2 is 1.63 bits per heavy atom. The van der Waals surface area contributed by atoms with Gasteiger partial charge in [-0.25, -0.2) is 4.98 Å². The van der Waals surface area contributed by atoms with E-state index in [0.717, 1.165) is 25.3 Å². The molecule has 3 rings (SSSR count). The second-order valence-electron chi connectivity index (χ2n) is 6.39. The molecule has 27 heavy (non-hydrogen) atoms. The summed E-state index contributed by atoms with van der Waals surface area (Å²) in [6.07, 6.45) is 2.52. The minimum atomic E-state index is -0.0645. The van der Waals surface area contributed by atoms with Gasteiger partial charge in [-0.3, -0.25) is 4.79 Å². The van der Waals surface area contributed by atoms with Crippen LogP contribution in [0.3, 0.4) is 0 Å². The lowest BCUT2D eigenvalue weighted by atomic mass is 10.1. The first-order chi connectivity index (χ1) is 13.3. The largest absolute Gasteiger partial charge is 0.353 e. The Balaban J connectivity index is 1.62. The van der Waals surface area contributed by atoms with Gasteiger partial charge in [-0.15, -0.1) is 0 Å². The molecule has 3 aromatic rings. The number of rotatable bonds is 8. The summed E-state index contributed by atoms with van der Waals surface area (Å²) < 4.78 is 0. The van der Waals surface area contributed by atoms with Gasteiger partial charge in [0.25, 0.3) is 5.91 Å². The lowest BCUT2D eigenvalue weighted by Gasteiger charge is -2.22. The van der Waals surface area contributed by atoms with Crippen LogP contribution in [0.2, 0.25) is 0 Å². The number of carbonyl (C=O) groups excluding carboxylic acids is 1. The Labute approximate surface area is 160 Å². The summed E-state index contributed by atoms with van der Waals surface area (Å²) in [5.41, 5.74) is 3.08. The van der Waals surface area contributed by atoms with Gasteiger partial charge in [0, 0.05) is 31.4 Å². The van der Waals surface area contributed by atoms with Crippen molar-refractivity contribution in [3.8, 4) is 0 Å². The van der Waals surface area contributed by atoms with Gasteiger partial charge in [0.2, 0.25) is 0 Å². The number of amides is 1. The highest BCUT2D eigenvalue weighted by Gasteiger charge is 2.11. The van der Waals surface area contributed by atoms with Crippen molar-refractivity contribution < 1.29 is 4.79 Å². The minimum absolute atomic E-state index is 0.0645. The molecule has 4 heteroatoms. The third-order valence-electron chi connectivity index (χ3n) is 4.47. The van der Waals surface area contributed by atoms with Gasteiger partial charge in [0.05, 0.1) is 0 Å². The fourth-order valence-corrected chi connectivity index (χ4v) is 2.96. The Morgan fingerprint density at radius 3 is 2.30 bits per heavy atom. The molecule has 0 bridgehead atoms. The molecule has 1 N–H and O–H groups in total. The molecule has 0 saturated heterocycles. The topological polar surface area (TPSA) is 45.2 Å². The summed E-state index contributed by atoms with van der Waals surface area (Å²) in [6.45, 7) is 4.30. The molecule has 138 valence electrons. The van der Waals surface area contributed by atoms with Gasteiger partial charge < -0.3 is 10.2 Å². The average Bonchev–Trinajstić information content (AvgIpc) is 2.73. The zero-order chi connectivity index (χ0) is 18.9. The standard InChI is InChI=1S/C23H25N3O/c1-2-26(18-20-11-7-4-8-12-20)22-17-21(14-16-24-22)23(27)25-15-13-19-9-5-3-6-10-19/h3-12,14,16-17H,2,13,15,18H2,1H3,(H,25,27). The second kappa shape index (κ2) is 9.53. The Hall–Kier alpha value is -3.14. The number of hydrogen-bond acceptors (Lipinski definition) is 3. The van der Waals surface area contributed by atoms with E-state index in [0.29, 0.717) is 12.1 Å². The van der Waals surface area contributed by atoms with Gasteiger partial charge in [-0.05, 0) is 36.6 Å². The molecule has 2 aromatic carbocycles. The fourth-order valence-electron chi connectivity index (χ4n) is 2.96. The summed E-state index contributed by atoms with van der Waals surface area (Å²) in [5.74, 6) is 0.752. The van der Waals surface area contributed by atoms with Crippen molar-refractivity contribution in [3.05, 3.63) is 95.7 Å². The van der Waals surface area contributed by atoms with E-state index in [1.807, 2.05) is 42.5 Å². The summed E-state index contributed by atoms with van der Waals surface area (Å²) in [5, 5.41) is 3.00. The molecule has 0 aliphatic carbocycles. The highest BCUT2D eigenvalue weighted by Crippen LogP contribution is 2.16. The lowest BCUT2D eigenvalue weighted by molar-refractivity contribution is 0.0954. The Kier molecular flexibility index (Phi) is 6.58. The Morgan fingerprint density at radius 1 is 0.963 bits per heavy atom.